The third kappa shape index (κ3) is 3.47. The van der Waals surface area contributed by atoms with Crippen molar-refractivity contribution in [3.05, 3.63) is 33.1 Å². The Morgan fingerprint density at radius 1 is 1.43 bits per heavy atom. The lowest BCUT2D eigenvalue weighted by atomic mass is 10.1. The summed E-state index contributed by atoms with van der Waals surface area (Å²) in [5.41, 5.74) is -1.55. The number of phosphoric ester groups is 1. The molecule has 2 heterocycles. The third-order valence-electron chi connectivity index (χ3n) is 2.87. The van der Waals surface area contributed by atoms with Crippen LogP contribution in [-0.4, -0.2) is 54.5 Å². The van der Waals surface area contributed by atoms with Gasteiger partial charge in [0.15, 0.2) is 6.23 Å². The average molecular weight is 324 g/mol. The number of nitrogens with zero attached hydrogens (tertiary/aromatic N) is 1. The molecule has 4 atom stereocenters. The maximum atomic E-state index is 11.6. The highest BCUT2D eigenvalue weighted by Crippen LogP contribution is 2.43. The predicted molar refractivity (Wildman–Crippen MR) is 65.2 cm³/mol. The van der Waals surface area contributed by atoms with Crippen LogP contribution in [0.3, 0.4) is 0 Å². The lowest BCUT2D eigenvalue weighted by Crippen LogP contribution is -2.38. The fraction of sp³-hybridized carbons (Fsp3) is 0.556. The minimum atomic E-state index is -4.94. The summed E-state index contributed by atoms with van der Waals surface area (Å²) >= 11 is 0. The highest BCUT2D eigenvalue weighted by molar-refractivity contribution is 7.46. The van der Waals surface area contributed by atoms with E-state index in [-0.39, 0.29) is 0 Å². The van der Waals surface area contributed by atoms with Crippen LogP contribution in [0.25, 0.3) is 0 Å². The predicted octanol–water partition coefficient (Wildman–Crippen LogP) is -2.73. The van der Waals surface area contributed by atoms with Gasteiger partial charge in [-0.1, -0.05) is 0 Å². The molecule has 5 N–H and O–H groups in total. The number of ether oxygens (including phenoxy) is 1. The van der Waals surface area contributed by atoms with Crippen LogP contribution in [0, 0.1) is 0 Å². The van der Waals surface area contributed by atoms with E-state index in [9.17, 15) is 19.3 Å². The van der Waals surface area contributed by atoms with Crippen molar-refractivity contribution in [2.75, 3.05) is 6.61 Å². The molecule has 1 aromatic heterocycles. The molecular weight excluding hydrogens is 311 g/mol. The maximum absolute atomic E-state index is 11.6. The molecular formula is C9H13N2O9P. The van der Waals surface area contributed by atoms with Crippen molar-refractivity contribution in [2.45, 2.75) is 24.5 Å². The second kappa shape index (κ2) is 5.81. The molecule has 2 rings (SSSR count). The van der Waals surface area contributed by atoms with Crippen molar-refractivity contribution >= 4 is 7.82 Å². The van der Waals surface area contributed by atoms with Crippen molar-refractivity contribution in [3.63, 3.8) is 0 Å². The molecule has 1 fully saturated rings. The molecule has 1 unspecified atom stereocenters. The first-order valence-electron chi connectivity index (χ1n) is 5.73. The van der Waals surface area contributed by atoms with Gasteiger partial charge in [-0.15, -0.1) is 0 Å². The van der Waals surface area contributed by atoms with Gasteiger partial charge in [-0.3, -0.25) is 18.9 Å². The molecule has 0 aromatic carbocycles. The molecule has 21 heavy (non-hydrogen) atoms. The zero-order chi connectivity index (χ0) is 15.8. The average Bonchev–Trinajstić information content (AvgIpc) is 2.65. The number of H-pyrrole nitrogens is 1. The van der Waals surface area contributed by atoms with Crippen molar-refractivity contribution < 1.29 is 33.8 Å². The number of hydrogen-bond donors (Lipinski definition) is 5. The van der Waals surface area contributed by atoms with Crippen molar-refractivity contribution in [1.82, 2.24) is 9.55 Å². The smallest absolute Gasteiger partial charge is 0.394 e. The molecule has 118 valence electrons. The second-order valence-corrected chi connectivity index (χ2v) is 5.51. The van der Waals surface area contributed by atoms with E-state index in [1.807, 2.05) is 4.98 Å². The Morgan fingerprint density at radius 2 is 2.10 bits per heavy atom. The summed E-state index contributed by atoms with van der Waals surface area (Å²) in [6.07, 6.45) is -4.76. The number of aromatic nitrogens is 2. The van der Waals surface area contributed by atoms with E-state index < -0.39 is 50.2 Å². The summed E-state index contributed by atoms with van der Waals surface area (Å²) in [4.78, 5) is 42.1. The fourth-order valence-corrected chi connectivity index (χ4v) is 2.59. The van der Waals surface area contributed by atoms with E-state index in [0.29, 0.717) is 0 Å². The summed E-state index contributed by atoms with van der Waals surface area (Å²) < 4.78 is 21.2. The standard InChI is InChI=1S/C9H13N2O9P/c12-3-4-7(20-21(16,17)18)6(14)8(19-4)11-2-1-5(13)10-9(11)15/h1-2,4,6-8,12,14H,3H2,(H,10,13,15)(H2,16,17,18)/t4-,6-,7+,8?/m1/s1. The van der Waals surface area contributed by atoms with Crippen LogP contribution in [0.5, 0.6) is 0 Å². The number of rotatable bonds is 4. The first kappa shape index (κ1) is 16.0. The SMILES string of the molecule is O=c1ccn(C2O[C@H](CO)[C@H](OP(=O)(O)O)[C@H]2O)c(=O)[nH]1. The molecule has 0 saturated carbocycles. The summed E-state index contributed by atoms with van der Waals surface area (Å²) in [6.45, 7) is -0.698. The number of phosphoric acid groups is 1. The monoisotopic (exact) mass is 324 g/mol. The van der Waals surface area contributed by atoms with Crippen molar-refractivity contribution in [2.24, 2.45) is 0 Å². The number of nitrogens with one attached hydrogen (secondary N) is 1. The van der Waals surface area contributed by atoms with Crippen LogP contribution >= 0.6 is 7.82 Å². The van der Waals surface area contributed by atoms with Gasteiger partial charge >= 0.3 is 13.5 Å². The van der Waals surface area contributed by atoms with Gasteiger partial charge in [0.1, 0.15) is 18.3 Å². The Hall–Kier alpha value is -1.33. The number of aliphatic hydroxyl groups excluding tert-OH is 2. The van der Waals surface area contributed by atoms with E-state index in [1.165, 1.54) is 0 Å². The zero-order valence-corrected chi connectivity index (χ0v) is 11.3. The van der Waals surface area contributed by atoms with Gasteiger partial charge < -0.3 is 24.7 Å². The Balaban J connectivity index is 2.33. The Kier molecular flexibility index (Phi) is 4.44. The maximum Gasteiger partial charge on any atom is 0.470 e. The number of hydrogen-bond acceptors (Lipinski definition) is 7. The van der Waals surface area contributed by atoms with Gasteiger partial charge in [0.25, 0.3) is 5.56 Å². The van der Waals surface area contributed by atoms with Gasteiger partial charge in [-0.05, 0) is 0 Å². The van der Waals surface area contributed by atoms with Crippen LogP contribution in [0.4, 0.5) is 0 Å². The molecule has 12 heteroatoms. The van der Waals surface area contributed by atoms with Gasteiger partial charge in [-0.2, -0.15) is 0 Å². The van der Waals surface area contributed by atoms with E-state index in [1.54, 1.807) is 0 Å². The summed E-state index contributed by atoms with van der Waals surface area (Å²) in [7, 11) is -4.94. The zero-order valence-electron chi connectivity index (χ0n) is 10.4. The lowest BCUT2D eigenvalue weighted by Gasteiger charge is -2.20. The van der Waals surface area contributed by atoms with Crippen LogP contribution < -0.4 is 11.2 Å². The van der Waals surface area contributed by atoms with Gasteiger partial charge in [-0.25, -0.2) is 9.36 Å². The molecule has 0 amide bonds. The molecule has 0 aliphatic carbocycles. The van der Waals surface area contributed by atoms with Crippen LogP contribution in [0.2, 0.25) is 0 Å². The summed E-state index contributed by atoms with van der Waals surface area (Å²) in [5, 5.41) is 19.1. The number of aromatic amines is 1. The highest BCUT2D eigenvalue weighted by atomic mass is 31.2. The minimum absolute atomic E-state index is 0.662. The molecule has 1 aliphatic heterocycles. The summed E-state index contributed by atoms with van der Waals surface area (Å²) in [6, 6.07) is 1.00. The molecule has 0 spiro atoms. The lowest BCUT2D eigenvalue weighted by molar-refractivity contribution is -0.0549. The third-order valence-corrected chi connectivity index (χ3v) is 3.39. The van der Waals surface area contributed by atoms with Gasteiger partial charge in [0, 0.05) is 12.3 Å². The fourth-order valence-electron chi connectivity index (χ4n) is 2.01. The second-order valence-electron chi connectivity index (χ2n) is 4.32. The Bertz CT molecular complexity index is 664. The topological polar surface area (TPSA) is 171 Å². The molecule has 0 bridgehead atoms. The minimum Gasteiger partial charge on any atom is -0.394 e. The normalized spacial score (nSPS) is 29.7. The Morgan fingerprint density at radius 3 is 2.62 bits per heavy atom. The van der Waals surface area contributed by atoms with Crippen molar-refractivity contribution in [3.8, 4) is 0 Å². The van der Waals surface area contributed by atoms with E-state index in [2.05, 4.69) is 4.52 Å². The van der Waals surface area contributed by atoms with Gasteiger partial charge in [0.05, 0.1) is 6.61 Å². The number of aliphatic hydroxyl groups is 2. The largest absolute Gasteiger partial charge is 0.470 e. The highest BCUT2D eigenvalue weighted by Gasteiger charge is 2.48. The van der Waals surface area contributed by atoms with E-state index >= 15 is 0 Å². The van der Waals surface area contributed by atoms with Gasteiger partial charge in [0.2, 0.25) is 0 Å². The first-order valence-corrected chi connectivity index (χ1v) is 7.26. The van der Waals surface area contributed by atoms with Crippen molar-refractivity contribution in [1.29, 1.82) is 0 Å². The molecule has 1 saturated heterocycles. The molecule has 1 aliphatic rings. The van der Waals surface area contributed by atoms with Crippen LogP contribution in [0.15, 0.2) is 21.9 Å². The van der Waals surface area contributed by atoms with Crippen LogP contribution in [-0.2, 0) is 13.8 Å². The molecule has 1 aromatic rings. The Labute approximate surface area is 116 Å². The molecule has 0 radical (unpaired) electrons. The van der Waals surface area contributed by atoms with Crippen LogP contribution in [0.1, 0.15) is 6.23 Å². The summed E-state index contributed by atoms with van der Waals surface area (Å²) in [5.74, 6) is 0. The molecule has 11 nitrogen and oxygen atoms in total. The van der Waals surface area contributed by atoms with E-state index in [4.69, 9.17) is 19.6 Å². The van der Waals surface area contributed by atoms with E-state index in [0.717, 1.165) is 16.8 Å². The first-order chi connectivity index (χ1) is 9.73. The quantitative estimate of drug-likeness (QED) is 0.368.